The highest BCUT2D eigenvalue weighted by molar-refractivity contribution is 5.97. The average Bonchev–Trinajstić information content (AvgIpc) is 3.21. The molecule has 0 saturated carbocycles. The Labute approximate surface area is 172 Å². The molecule has 0 unspecified atom stereocenters. The molecule has 2 heterocycles. The van der Waals surface area contributed by atoms with Crippen molar-refractivity contribution in [3.63, 3.8) is 0 Å². The number of rotatable bonds is 6. The summed E-state index contributed by atoms with van der Waals surface area (Å²) in [6.45, 7) is 3.14. The molecule has 29 heavy (non-hydrogen) atoms. The minimum atomic E-state index is -0.0418. The zero-order valence-electron chi connectivity index (χ0n) is 17.1. The van der Waals surface area contributed by atoms with Gasteiger partial charge in [0.1, 0.15) is 5.75 Å². The Morgan fingerprint density at radius 2 is 2.07 bits per heavy atom. The van der Waals surface area contributed by atoms with Crippen LogP contribution in [0, 0.1) is 12.1 Å². The first-order valence-corrected chi connectivity index (χ1v) is 10.2. The summed E-state index contributed by atoms with van der Waals surface area (Å²) in [7, 11) is 3.37. The third kappa shape index (κ3) is 4.08. The summed E-state index contributed by atoms with van der Waals surface area (Å²) >= 11 is 0. The van der Waals surface area contributed by atoms with Gasteiger partial charge in [0.2, 0.25) is 0 Å². The number of likely N-dealkylation sites (tertiary alicyclic amines) is 1. The normalized spacial score (nSPS) is 15.2. The lowest BCUT2D eigenvalue weighted by Gasteiger charge is -2.33. The molecule has 0 radical (unpaired) electrons. The van der Waals surface area contributed by atoms with Crippen LogP contribution in [0.15, 0.2) is 42.6 Å². The fourth-order valence-corrected chi connectivity index (χ4v) is 4.23. The summed E-state index contributed by atoms with van der Waals surface area (Å²) < 4.78 is 7.77. The van der Waals surface area contributed by atoms with E-state index < -0.39 is 0 Å². The smallest absolute Gasteiger partial charge is 0.251 e. The second-order valence-electron chi connectivity index (χ2n) is 7.55. The lowest BCUT2D eigenvalue weighted by atomic mass is 10.0. The van der Waals surface area contributed by atoms with Crippen molar-refractivity contribution in [2.24, 2.45) is 0 Å². The molecule has 0 spiro atoms. The van der Waals surface area contributed by atoms with E-state index in [1.54, 1.807) is 14.2 Å². The monoisotopic (exact) mass is 389 g/mol. The standard InChI is InChI=1S/C24H27N3O2/c1-25-24(28)20-8-7-18-10-16-27(22(18)17-20)21-11-14-26(15-12-21)13-9-19-5-3-4-6-23(19)29-2/h4,6-8,10,16-17,21H,9,11-15H2,1-2H3,(H,25,28). The predicted octanol–water partition coefficient (Wildman–Crippen LogP) is 3.49. The first-order valence-electron chi connectivity index (χ1n) is 10.2. The summed E-state index contributed by atoms with van der Waals surface area (Å²) in [5.41, 5.74) is 2.95. The number of amides is 1. The molecule has 1 saturated heterocycles. The minimum Gasteiger partial charge on any atom is -0.496 e. The van der Waals surface area contributed by atoms with Crippen LogP contribution in [0.3, 0.4) is 0 Å². The summed E-state index contributed by atoms with van der Waals surface area (Å²) in [5, 5.41) is 3.89. The first kappa shape index (κ1) is 19.4. The van der Waals surface area contributed by atoms with Crippen LogP contribution in [-0.4, -0.2) is 49.2 Å². The number of fused-ring (bicyclic) bond motifs is 1. The van der Waals surface area contributed by atoms with E-state index in [1.807, 2.05) is 30.3 Å². The zero-order chi connectivity index (χ0) is 20.2. The molecule has 150 valence electrons. The van der Waals surface area contributed by atoms with Crippen LogP contribution in [0.1, 0.15) is 34.8 Å². The molecular weight excluding hydrogens is 362 g/mol. The maximum Gasteiger partial charge on any atom is 0.251 e. The van der Waals surface area contributed by atoms with Gasteiger partial charge in [0.25, 0.3) is 5.91 Å². The molecule has 1 aliphatic rings. The first-order chi connectivity index (χ1) is 14.2. The number of piperidine rings is 1. The number of nitrogens with zero attached hydrogens (tertiary/aromatic N) is 2. The van der Waals surface area contributed by atoms with E-state index in [9.17, 15) is 4.79 Å². The molecule has 4 rings (SSSR count). The number of carbonyl (C=O) groups is 1. The van der Waals surface area contributed by atoms with Crippen molar-refractivity contribution in [3.05, 3.63) is 65.9 Å². The molecule has 5 nitrogen and oxygen atoms in total. The molecule has 0 aliphatic carbocycles. The molecule has 1 aromatic heterocycles. The highest BCUT2D eigenvalue weighted by Gasteiger charge is 2.22. The number of hydrogen-bond acceptors (Lipinski definition) is 3. The summed E-state index contributed by atoms with van der Waals surface area (Å²) in [6, 6.07) is 18.5. The summed E-state index contributed by atoms with van der Waals surface area (Å²) in [4.78, 5) is 14.5. The fraction of sp³-hybridized carbons (Fsp3) is 0.375. The Balaban J connectivity index is 1.40. The van der Waals surface area contributed by atoms with E-state index in [4.69, 9.17) is 4.74 Å². The Morgan fingerprint density at radius 1 is 1.24 bits per heavy atom. The quantitative estimate of drug-likeness (QED) is 0.702. The highest BCUT2D eigenvalue weighted by Crippen LogP contribution is 2.28. The molecule has 3 aromatic rings. The van der Waals surface area contributed by atoms with Gasteiger partial charge in [-0.3, -0.25) is 4.79 Å². The second-order valence-corrected chi connectivity index (χ2v) is 7.55. The van der Waals surface area contributed by atoms with Gasteiger partial charge in [-0.2, -0.15) is 0 Å². The Bertz CT molecular complexity index is 987. The summed E-state index contributed by atoms with van der Waals surface area (Å²) in [5.74, 6) is 0.851. The Hall–Kier alpha value is -2.97. The lowest BCUT2D eigenvalue weighted by Crippen LogP contribution is -2.35. The van der Waals surface area contributed by atoms with Gasteiger partial charge in [0, 0.05) is 55.6 Å². The summed E-state index contributed by atoms with van der Waals surface area (Å²) in [6.07, 6.45) is 5.30. The van der Waals surface area contributed by atoms with Crippen molar-refractivity contribution in [2.45, 2.75) is 25.3 Å². The number of ether oxygens (including phenoxy) is 1. The van der Waals surface area contributed by atoms with Gasteiger partial charge in [0.05, 0.1) is 7.11 Å². The number of benzene rings is 1. The molecule has 2 aromatic carbocycles. The van der Waals surface area contributed by atoms with Crippen LogP contribution >= 0.6 is 0 Å². The van der Waals surface area contributed by atoms with E-state index in [-0.39, 0.29) is 5.91 Å². The van der Waals surface area contributed by atoms with Gasteiger partial charge >= 0.3 is 0 Å². The van der Waals surface area contributed by atoms with Crippen molar-refractivity contribution in [3.8, 4) is 5.75 Å². The van der Waals surface area contributed by atoms with Crippen LogP contribution in [0.4, 0.5) is 0 Å². The number of hydrogen-bond donors (Lipinski definition) is 1. The van der Waals surface area contributed by atoms with Crippen LogP contribution in [-0.2, 0) is 6.42 Å². The van der Waals surface area contributed by atoms with E-state index in [1.165, 1.54) is 5.39 Å². The Morgan fingerprint density at radius 3 is 2.83 bits per heavy atom. The van der Waals surface area contributed by atoms with E-state index in [0.29, 0.717) is 11.6 Å². The van der Waals surface area contributed by atoms with Crippen LogP contribution in [0.2, 0.25) is 0 Å². The number of methoxy groups -OCH3 is 1. The lowest BCUT2D eigenvalue weighted by molar-refractivity contribution is 0.0963. The minimum absolute atomic E-state index is 0.0418. The van der Waals surface area contributed by atoms with Gasteiger partial charge in [-0.05, 0) is 55.0 Å². The van der Waals surface area contributed by atoms with Gasteiger partial charge in [0.15, 0.2) is 0 Å². The maximum atomic E-state index is 12.0. The maximum absolute atomic E-state index is 12.0. The van der Waals surface area contributed by atoms with Gasteiger partial charge < -0.3 is 19.5 Å². The predicted molar refractivity (Wildman–Crippen MR) is 114 cm³/mol. The van der Waals surface area contributed by atoms with Crippen molar-refractivity contribution in [2.75, 3.05) is 33.8 Å². The Kier molecular flexibility index (Phi) is 5.73. The van der Waals surface area contributed by atoms with Crippen LogP contribution in [0.5, 0.6) is 5.75 Å². The molecule has 1 aliphatic heterocycles. The molecule has 1 N–H and O–H groups in total. The fourth-order valence-electron chi connectivity index (χ4n) is 4.23. The van der Waals surface area contributed by atoms with Crippen molar-refractivity contribution < 1.29 is 9.53 Å². The molecule has 1 fully saturated rings. The van der Waals surface area contributed by atoms with Crippen LogP contribution < -0.4 is 10.1 Å². The van der Waals surface area contributed by atoms with E-state index in [2.05, 4.69) is 39.2 Å². The van der Waals surface area contributed by atoms with Gasteiger partial charge in [-0.15, -0.1) is 0 Å². The second kappa shape index (κ2) is 8.59. The SMILES string of the molecule is CNC(=O)c1ccc2ccn(C3CCN(CCc4c#cccc4OC)CC3)c2c1. The van der Waals surface area contributed by atoms with E-state index in [0.717, 1.165) is 55.7 Å². The molecule has 5 heteroatoms. The largest absolute Gasteiger partial charge is 0.496 e. The molecule has 1 amide bonds. The number of carbonyl (C=O) groups excluding carboxylic acids is 1. The van der Waals surface area contributed by atoms with Crippen molar-refractivity contribution >= 4 is 16.8 Å². The van der Waals surface area contributed by atoms with Crippen LogP contribution in [0.25, 0.3) is 10.9 Å². The topological polar surface area (TPSA) is 46.5 Å². The van der Waals surface area contributed by atoms with Gasteiger partial charge in [-0.25, -0.2) is 0 Å². The highest BCUT2D eigenvalue weighted by atomic mass is 16.5. The number of aromatic nitrogens is 1. The average molecular weight is 389 g/mol. The third-order valence-electron chi connectivity index (χ3n) is 5.90. The zero-order valence-corrected chi connectivity index (χ0v) is 17.1. The molecule has 0 bridgehead atoms. The van der Waals surface area contributed by atoms with Crippen molar-refractivity contribution in [1.82, 2.24) is 14.8 Å². The van der Waals surface area contributed by atoms with E-state index >= 15 is 0 Å². The molecular formula is C24H27N3O2. The van der Waals surface area contributed by atoms with Crippen molar-refractivity contribution in [1.29, 1.82) is 0 Å². The van der Waals surface area contributed by atoms with Gasteiger partial charge in [-0.1, -0.05) is 18.2 Å². The molecule has 0 atom stereocenters. The number of nitrogens with one attached hydrogen (secondary N) is 1. The third-order valence-corrected chi connectivity index (χ3v) is 5.90.